The van der Waals surface area contributed by atoms with Gasteiger partial charge in [0.25, 0.3) is 0 Å². The molecule has 1 atom stereocenters. The predicted octanol–water partition coefficient (Wildman–Crippen LogP) is 3.36. The number of carbonyl (C=O) groups is 2. The molecule has 0 saturated heterocycles. The van der Waals surface area contributed by atoms with Gasteiger partial charge in [0.2, 0.25) is 5.16 Å². The molecule has 0 bridgehead atoms. The van der Waals surface area contributed by atoms with Crippen LogP contribution in [0.1, 0.15) is 39.0 Å². The molecule has 1 N–H and O–H groups in total. The maximum Gasteiger partial charge on any atom is 0.339 e. The van der Waals surface area contributed by atoms with Crippen LogP contribution in [0.2, 0.25) is 0 Å². The molecule has 0 saturated carbocycles. The Bertz CT molecular complexity index is 978. The molecule has 0 radical (unpaired) electrons. The zero-order valence-electron chi connectivity index (χ0n) is 15.5. The first kappa shape index (κ1) is 18.9. The van der Waals surface area contributed by atoms with E-state index in [1.807, 2.05) is 30.3 Å². The number of Topliss-reactive ketones (excluding diaryl/α,β-unsaturated/α-hetero) is 1. The summed E-state index contributed by atoms with van der Waals surface area (Å²) >= 11 is 1.27. The molecule has 0 aliphatic heterocycles. The molecule has 0 aliphatic carbocycles. The molecule has 7 nitrogen and oxygen atoms in total. The van der Waals surface area contributed by atoms with Crippen LogP contribution in [0.25, 0.3) is 5.69 Å². The fourth-order valence-corrected chi connectivity index (χ4v) is 3.61. The minimum absolute atomic E-state index is 0.119. The normalized spacial score (nSPS) is 12.0. The molecule has 1 aromatic carbocycles. The van der Waals surface area contributed by atoms with Crippen LogP contribution in [0.3, 0.4) is 0 Å². The lowest BCUT2D eigenvalue weighted by Crippen LogP contribution is -2.15. The van der Waals surface area contributed by atoms with E-state index < -0.39 is 11.2 Å². The van der Waals surface area contributed by atoms with Crippen LogP contribution in [0.4, 0.5) is 0 Å². The van der Waals surface area contributed by atoms with Crippen molar-refractivity contribution in [2.24, 2.45) is 0 Å². The van der Waals surface area contributed by atoms with E-state index in [-0.39, 0.29) is 5.78 Å². The van der Waals surface area contributed by atoms with Crippen LogP contribution in [0.5, 0.6) is 0 Å². The van der Waals surface area contributed by atoms with Crippen molar-refractivity contribution in [3.05, 3.63) is 59.2 Å². The summed E-state index contributed by atoms with van der Waals surface area (Å²) in [7, 11) is 1.32. The van der Waals surface area contributed by atoms with Gasteiger partial charge in [-0.15, -0.1) is 5.10 Å². The number of aromatic nitrogens is 4. The molecule has 27 heavy (non-hydrogen) atoms. The fraction of sp³-hybridized carbons (Fsp3) is 0.263. The smallest absolute Gasteiger partial charge is 0.339 e. The summed E-state index contributed by atoms with van der Waals surface area (Å²) in [6, 6.07) is 9.63. The summed E-state index contributed by atoms with van der Waals surface area (Å²) in [5.41, 5.74) is 2.93. The largest absolute Gasteiger partial charge is 0.465 e. The van der Waals surface area contributed by atoms with Gasteiger partial charge in [0.05, 0.1) is 29.3 Å². The Labute approximate surface area is 161 Å². The highest BCUT2D eigenvalue weighted by atomic mass is 32.2. The minimum Gasteiger partial charge on any atom is -0.465 e. The average Bonchev–Trinajstić information content (AvgIpc) is 3.25. The van der Waals surface area contributed by atoms with Gasteiger partial charge >= 0.3 is 5.97 Å². The van der Waals surface area contributed by atoms with E-state index in [4.69, 9.17) is 4.74 Å². The van der Waals surface area contributed by atoms with Crippen molar-refractivity contribution in [2.45, 2.75) is 31.2 Å². The van der Waals surface area contributed by atoms with Crippen molar-refractivity contribution < 1.29 is 14.3 Å². The van der Waals surface area contributed by atoms with Crippen molar-refractivity contribution >= 4 is 23.5 Å². The number of hydrogen-bond donors (Lipinski definition) is 1. The molecule has 140 valence electrons. The number of hydrogen-bond acceptors (Lipinski definition) is 6. The first-order valence-corrected chi connectivity index (χ1v) is 9.25. The number of methoxy groups -OCH3 is 1. The van der Waals surface area contributed by atoms with E-state index in [1.165, 1.54) is 18.9 Å². The molecule has 8 heteroatoms. The van der Waals surface area contributed by atoms with Gasteiger partial charge in [0, 0.05) is 5.69 Å². The highest BCUT2D eigenvalue weighted by Gasteiger charge is 2.26. The molecule has 0 fully saturated rings. The number of nitrogens with one attached hydrogen (secondary N) is 1. The summed E-state index contributed by atoms with van der Waals surface area (Å²) in [4.78, 5) is 32.1. The van der Waals surface area contributed by atoms with Crippen molar-refractivity contribution in [2.75, 3.05) is 7.11 Å². The molecule has 2 heterocycles. The van der Waals surface area contributed by atoms with Gasteiger partial charge < -0.3 is 9.72 Å². The Morgan fingerprint density at radius 2 is 1.93 bits per heavy atom. The zero-order chi connectivity index (χ0) is 19.6. The third-order valence-corrected chi connectivity index (χ3v) is 5.18. The van der Waals surface area contributed by atoms with Gasteiger partial charge in [-0.05, 0) is 38.5 Å². The second-order valence-corrected chi connectivity index (χ2v) is 7.36. The summed E-state index contributed by atoms with van der Waals surface area (Å²) in [5.74, 6) is -0.573. The molecule has 0 unspecified atom stereocenters. The van der Waals surface area contributed by atoms with E-state index in [9.17, 15) is 9.59 Å². The summed E-state index contributed by atoms with van der Waals surface area (Å²) in [6.45, 7) is 5.28. The maximum atomic E-state index is 12.9. The van der Waals surface area contributed by atoms with Crippen molar-refractivity contribution in [1.29, 1.82) is 0 Å². The van der Waals surface area contributed by atoms with Crippen LogP contribution in [0, 0.1) is 13.8 Å². The number of esters is 1. The number of ketones is 1. The third kappa shape index (κ3) is 3.80. The Hall–Kier alpha value is -2.87. The number of aromatic amines is 1. The van der Waals surface area contributed by atoms with E-state index in [0.717, 1.165) is 5.69 Å². The highest BCUT2D eigenvalue weighted by molar-refractivity contribution is 8.00. The lowest BCUT2D eigenvalue weighted by atomic mass is 10.1. The highest BCUT2D eigenvalue weighted by Crippen LogP contribution is 2.26. The number of benzene rings is 1. The minimum atomic E-state index is -0.455. The molecule has 0 spiro atoms. The number of carbonyl (C=O) groups excluding carboxylic acids is 2. The monoisotopic (exact) mass is 384 g/mol. The molecular formula is C19H20N4O3S. The van der Waals surface area contributed by atoms with Crippen molar-refractivity contribution in [3.63, 3.8) is 0 Å². The summed E-state index contributed by atoms with van der Waals surface area (Å²) in [5, 5.41) is 4.51. The molecule has 3 rings (SSSR count). The number of aryl methyl sites for hydroxylation is 1. The number of ether oxygens (including phenoxy) is 1. The Kier molecular flexibility index (Phi) is 5.46. The van der Waals surface area contributed by atoms with Crippen molar-refractivity contribution in [3.8, 4) is 5.69 Å². The van der Waals surface area contributed by atoms with Gasteiger partial charge in [0.1, 0.15) is 6.33 Å². The van der Waals surface area contributed by atoms with Gasteiger partial charge in [0.15, 0.2) is 5.78 Å². The molecule has 3 aromatic rings. The first-order valence-electron chi connectivity index (χ1n) is 8.37. The standard InChI is InChI=1S/C19H20N4O3S/c1-11-15(18(25)26-4)12(2)21-16(11)17(24)13(3)27-19-20-10-23(22-19)14-8-6-5-7-9-14/h5-10,13,21H,1-4H3/t13-/m1/s1. The summed E-state index contributed by atoms with van der Waals surface area (Å²) < 4.78 is 6.46. The predicted molar refractivity (Wildman–Crippen MR) is 103 cm³/mol. The van der Waals surface area contributed by atoms with Gasteiger partial charge in [-0.2, -0.15) is 0 Å². The van der Waals surface area contributed by atoms with E-state index >= 15 is 0 Å². The Morgan fingerprint density at radius 3 is 2.59 bits per heavy atom. The van der Waals surface area contributed by atoms with Crippen LogP contribution in [-0.4, -0.2) is 43.9 Å². The SMILES string of the molecule is COC(=O)c1c(C)[nH]c(C(=O)[C@@H](C)Sc2ncn(-c3ccccc3)n2)c1C. The fourth-order valence-electron chi connectivity index (χ4n) is 2.83. The molecule has 0 amide bonds. The molecular weight excluding hydrogens is 364 g/mol. The lowest BCUT2D eigenvalue weighted by molar-refractivity contribution is 0.0599. The second-order valence-electron chi connectivity index (χ2n) is 6.05. The number of H-pyrrole nitrogens is 1. The lowest BCUT2D eigenvalue weighted by Gasteiger charge is -2.07. The quantitative estimate of drug-likeness (QED) is 0.398. The summed E-state index contributed by atoms with van der Waals surface area (Å²) in [6.07, 6.45) is 1.62. The second kappa shape index (κ2) is 7.79. The maximum absolute atomic E-state index is 12.9. The molecule has 0 aliphatic rings. The number of nitrogens with zero attached hydrogens (tertiary/aromatic N) is 3. The average molecular weight is 384 g/mol. The van der Waals surface area contributed by atoms with E-state index in [1.54, 1.807) is 31.8 Å². The van der Waals surface area contributed by atoms with Crippen molar-refractivity contribution in [1.82, 2.24) is 19.7 Å². The van der Waals surface area contributed by atoms with Gasteiger partial charge in [-0.1, -0.05) is 30.0 Å². The number of para-hydroxylation sites is 1. The van der Waals surface area contributed by atoms with Crippen LogP contribution in [-0.2, 0) is 4.74 Å². The molecule has 2 aromatic heterocycles. The zero-order valence-corrected chi connectivity index (χ0v) is 16.3. The first-order chi connectivity index (χ1) is 12.9. The van der Waals surface area contributed by atoms with E-state index in [0.29, 0.717) is 27.7 Å². The van der Waals surface area contributed by atoms with Crippen LogP contribution >= 0.6 is 11.8 Å². The van der Waals surface area contributed by atoms with Gasteiger partial charge in [-0.3, -0.25) is 4.79 Å². The Morgan fingerprint density at radius 1 is 1.22 bits per heavy atom. The Balaban J connectivity index is 1.77. The van der Waals surface area contributed by atoms with Crippen LogP contribution < -0.4 is 0 Å². The van der Waals surface area contributed by atoms with E-state index in [2.05, 4.69) is 15.1 Å². The third-order valence-electron chi connectivity index (χ3n) is 4.22. The number of rotatable bonds is 6. The van der Waals surface area contributed by atoms with Gasteiger partial charge in [-0.25, -0.2) is 14.5 Å². The van der Waals surface area contributed by atoms with Crippen LogP contribution in [0.15, 0.2) is 41.8 Å². The number of thioether (sulfide) groups is 1. The topological polar surface area (TPSA) is 89.9 Å².